The third-order valence-electron chi connectivity index (χ3n) is 2.61. The molecule has 0 fully saturated rings. The van der Waals surface area contributed by atoms with Crippen LogP contribution >= 0.6 is 0 Å². The van der Waals surface area contributed by atoms with Gasteiger partial charge in [0.15, 0.2) is 0 Å². The molecule has 1 atom stereocenters. The molecule has 0 aliphatic carbocycles. The highest BCUT2D eigenvalue weighted by Crippen LogP contribution is 2.13. The van der Waals surface area contributed by atoms with Crippen LogP contribution in [0.5, 0.6) is 5.88 Å². The molecule has 1 aromatic heterocycles. The van der Waals surface area contributed by atoms with Crippen molar-refractivity contribution >= 4 is 11.6 Å². The molecule has 94 valence electrons. The summed E-state index contributed by atoms with van der Waals surface area (Å²) < 4.78 is 4.93. The molecule has 1 unspecified atom stereocenters. The van der Waals surface area contributed by atoms with Crippen molar-refractivity contribution in [1.29, 1.82) is 0 Å². The fourth-order valence-corrected chi connectivity index (χ4v) is 1.44. The molecule has 0 aliphatic heterocycles. The van der Waals surface area contributed by atoms with Gasteiger partial charge >= 0.3 is 0 Å². The molecular weight excluding hydrogens is 218 g/mol. The molecule has 1 aromatic rings. The first-order chi connectivity index (χ1) is 8.19. The van der Waals surface area contributed by atoms with Crippen LogP contribution in [0.15, 0.2) is 18.3 Å². The van der Waals surface area contributed by atoms with E-state index in [1.807, 2.05) is 6.92 Å². The summed E-state index contributed by atoms with van der Waals surface area (Å²) in [5, 5.41) is 2.78. The predicted octanol–water partition coefficient (Wildman–Crippen LogP) is 1.40. The fourth-order valence-electron chi connectivity index (χ4n) is 1.44. The maximum Gasteiger partial charge on any atom is 0.224 e. The van der Waals surface area contributed by atoms with E-state index in [1.165, 1.54) is 0 Å². The van der Waals surface area contributed by atoms with E-state index in [-0.39, 0.29) is 11.8 Å². The zero-order valence-corrected chi connectivity index (χ0v) is 10.3. The summed E-state index contributed by atoms with van der Waals surface area (Å²) in [6.07, 6.45) is 2.92. The Morgan fingerprint density at radius 2 is 2.35 bits per heavy atom. The number of nitrogens with zero attached hydrogens (tertiary/aromatic N) is 1. The zero-order chi connectivity index (χ0) is 12.7. The van der Waals surface area contributed by atoms with Crippen molar-refractivity contribution in [3.8, 4) is 5.88 Å². The molecule has 1 amide bonds. The third-order valence-corrected chi connectivity index (χ3v) is 2.61. The van der Waals surface area contributed by atoms with E-state index in [9.17, 15) is 4.79 Å². The highest BCUT2D eigenvalue weighted by Gasteiger charge is 2.10. The molecule has 0 aliphatic rings. The molecule has 0 spiro atoms. The van der Waals surface area contributed by atoms with Crippen LogP contribution < -0.4 is 15.8 Å². The maximum atomic E-state index is 11.7. The van der Waals surface area contributed by atoms with Crippen LogP contribution in [-0.4, -0.2) is 24.5 Å². The quantitative estimate of drug-likeness (QED) is 0.784. The first kappa shape index (κ1) is 13.4. The Morgan fingerprint density at radius 1 is 1.59 bits per heavy atom. The predicted molar refractivity (Wildman–Crippen MR) is 66.9 cm³/mol. The van der Waals surface area contributed by atoms with Crippen LogP contribution in [0.1, 0.15) is 19.8 Å². The van der Waals surface area contributed by atoms with E-state index in [1.54, 1.807) is 25.4 Å². The van der Waals surface area contributed by atoms with Gasteiger partial charge in [-0.05, 0) is 18.5 Å². The molecule has 0 saturated heterocycles. The zero-order valence-electron chi connectivity index (χ0n) is 10.3. The molecule has 3 N–H and O–H groups in total. The lowest BCUT2D eigenvalue weighted by molar-refractivity contribution is -0.117. The molecule has 1 rings (SSSR count). The van der Waals surface area contributed by atoms with Crippen molar-refractivity contribution in [3.05, 3.63) is 18.3 Å². The van der Waals surface area contributed by atoms with E-state index in [4.69, 9.17) is 10.5 Å². The van der Waals surface area contributed by atoms with Crippen molar-refractivity contribution in [2.24, 2.45) is 11.7 Å². The topological polar surface area (TPSA) is 77.2 Å². The average molecular weight is 237 g/mol. The molecule has 0 bridgehead atoms. The second-order valence-corrected chi connectivity index (χ2v) is 3.85. The van der Waals surface area contributed by atoms with Crippen molar-refractivity contribution in [2.45, 2.75) is 19.8 Å². The largest absolute Gasteiger partial charge is 0.481 e. The number of ether oxygens (including phenoxy) is 1. The van der Waals surface area contributed by atoms with Gasteiger partial charge in [-0.1, -0.05) is 13.3 Å². The highest BCUT2D eigenvalue weighted by atomic mass is 16.5. The lowest BCUT2D eigenvalue weighted by atomic mass is 10.0. The van der Waals surface area contributed by atoms with Crippen LogP contribution in [0, 0.1) is 5.92 Å². The minimum absolute atomic E-state index is 0.0331. The standard InChI is InChI=1S/C12H19N3O2/c1-3-9(7-13)6-11(16)15-10-4-5-12(17-2)14-8-10/h4-5,8-9H,3,6-7,13H2,1-2H3,(H,15,16). The molecule has 0 radical (unpaired) electrons. The lowest BCUT2D eigenvalue weighted by Crippen LogP contribution is -2.21. The van der Waals surface area contributed by atoms with Crippen LogP contribution in [0.3, 0.4) is 0 Å². The molecule has 0 aromatic carbocycles. The van der Waals surface area contributed by atoms with Crippen molar-refractivity contribution in [1.82, 2.24) is 4.98 Å². The van der Waals surface area contributed by atoms with E-state index in [0.717, 1.165) is 6.42 Å². The van der Waals surface area contributed by atoms with Crippen LogP contribution in [0.25, 0.3) is 0 Å². The van der Waals surface area contributed by atoms with Gasteiger partial charge in [-0.3, -0.25) is 4.79 Å². The van der Waals surface area contributed by atoms with Crippen molar-refractivity contribution in [3.63, 3.8) is 0 Å². The summed E-state index contributed by atoms with van der Waals surface area (Å²) in [4.78, 5) is 15.7. The number of nitrogens with one attached hydrogen (secondary N) is 1. The Hall–Kier alpha value is -1.62. The number of carbonyl (C=O) groups is 1. The smallest absolute Gasteiger partial charge is 0.224 e. The molecular formula is C12H19N3O2. The van der Waals surface area contributed by atoms with Crippen molar-refractivity contribution < 1.29 is 9.53 Å². The number of methoxy groups -OCH3 is 1. The van der Waals surface area contributed by atoms with Gasteiger partial charge < -0.3 is 15.8 Å². The molecule has 0 saturated carbocycles. The van der Waals surface area contributed by atoms with Gasteiger partial charge in [0.25, 0.3) is 0 Å². The van der Waals surface area contributed by atoms with Gasteiger partial charge in [-0.25, -0.2) is 4.98 Å². The van der Waals surface area contributed by atoms with E-state index in [0.29, 0.717) is 24.5 Å². The molecule has 17 heavy (non-hydrogen) atoms. The third kappa shape index (κ3) is 4.40. The van der Waals surface area contributed by atoms with Crippen molar-refractivity contribution in [2.75, 3.05) is 19.0 Å². The fraction of sp³-hybridized carbons (Fsp3) is 0.500. The monoisotopic (exact) mass is 237 g/mol. The van der Waals surface area contributed by atoms with E-state index >= 15 is 0 Å². The number of aromatic nitrogens is 1. The second kappa shape index (κ2) is 6.85. The summed E-state index contributed by atoms with van der Waals surface area (Å²) in [5.41, 5.74) is 6.22. The van der Waals surface area contributed by atoms with Gasteiger partial charge in [-0.15, -0.1) is 0 Å². The Balaban J connectivity index is 2.49. The maximum absolute atomic E-state index is 11.7. The molecule has 1 heterocycles. The average Bonchev–Trinajstić information content (AvgIpc) is 2.37. The Labute approximate surface area is 101 Å². The molecule has 5 heteroatoms. The van der Waals surface area contributed by atoms with Gasteiger partial charge in [0.1, 0.15) is 0 Å². The minimum Gasteiger partial charge on any atom is -0.481 e. The van der Waals surface area contributed by atoms with E-state index in [2.05, 4.69) is 10.3 Å². The number of pyridine rings is 1. The van der Waals surface area contributed by atoms with Crippen LogP contribution in [-0.2, 0) is 4.79 Å². The Kier molecular flexibility index (Phi) is 5.42. The second-order valence-electron chi connectivity index (χ2n) is 3.85. The van der Waals surface area contributed by atoms with E-state index < -0.39 is 0 Å². The summed E-state index contributed by atoms with van der Waals surface area (Å²) in [5.74, 6) is 0.729. The van der Waals surface area contributed by atoms with Crippen LogP contribution in [0.4, 0.5) is 5.69 Å². The Morgan fingerprint density at radius 3 is 2.82 bits per heavy atom. The summed E-state index contributed by atoms with van der Waals surface area (Å²) in [6.45, 7) is 2.56. The number of hydrogen-bond acceptors (Lipinski definition) is 4. The number of anilines is 1. The number of hydrogen-bond donors (Lipinski definition) is 2. The highest BCUT2D eigenvalue weighted by molar-refractivity contribution is 5.90. The summed E-state index contributed by atoms with van der Waals surface area (Å²) in [6, 6.07) is 3.46. The summed E-state index contributed by atoms with van der Waals surface area (Å²) >= 11 is 0. The molecule has 5 nitrogen and oxygen atoms in total. The van der Waals surface area contributed by atoms with Gasteiger partial charge in [0.05, 0.1) is 19.0 Å². The lowest BCUT2D eigenvalue weighted by Gasteiger charge is -2.11. The van der Waals surface area contributed by atoms with Gasteiger partial charge in [0.2, 0.25) is 11.8 Å². The number of nitrogens with two attached hydrogens (primary N) is 1. The number of carbonyl (C=O) groups excluding carboxylic acids is 1. The number of rotatable bonds is 6. The van der Waals surface area contributed by atoms with Crippen LogP contribution in [0.2, 0.25) is 0 Å². The van der Waals surface area contributed by atoms with Gasteiger partial charge in [-0.2, -0.15) is 0 Å². The first-order valence-electron chi connectivity index (χ1n) is 5.69. The van der Waals surface area contributed by atoms with Gasteiger partial charge in [0, 0.05) is 12.5 Å². The SMILES string of the molecule is CCC(CN)CC(=O)Nc1ccc(OC)nc1. The minimum atomic E-state index is -0.0331. The summed E-state index contributed by atoms with van der Waals surface area (Å²) in [7, 11) is 1.55. The number of amides is 1. The first-order valence-corrected chi connectivity index (χ1v) is 5.69. The Bertz CT molecular complexity index is 347. The normalized spacial score (nSPS) is 11.9.